The first-order valence-electron chi connectivity index (χ1n) is 6.96. The van der Waals surface area contributed by atoms with Crippen molar-refractivity contribution in [3.63, 3.8) is 0 Å². The average Bonchev–Trinajstić information content (AvgIpc) is 2.95. The van der Waals surface area contributed by atoms with E-state index in [1.807, 2.05) is 0 Å². The lowest BCUT2D eigenvalue weighted by molar-refractivity contribution is 0.316. The molecular formula is C16H17N3. The zero-order valence-electron chi connectivity index (χ0n) is 10.8. The summed E-state index contributed by atoms with van der Waals surface area (Å²) in [5.74, 6) is 1.09. The summed E-state index contributed by atoms with van der Waals surface area (Å²) in [5.41, 5.74) is 1.44. The van der Waals surface area contributed by atoms with Gasteiger partial charge in [0, 0.05) is 19.6 Å². The van der Waals surface area contributed by atoms with Gasteiger partial charge in [-0.2, -0.15) is 0 Å². The molecule has 4 rings (SSSR count). The van der Waals surface area contributed by atoms with Crippen LogP contribution >= 0.6 is 0 Å². The molecule has 2 heterocycles. The number of nitrogens with one attached hydrogen (secondary N) is 1. The third-order valence-corrected chi connectivity index (χ3v) is 4.13. The maximum atomic E-state index is 4.58. The van der Waals surface area contributed by atoms with Gasteiger partial charge in [0.05, 0.1) is 6.04 Å². The highest BCUT2D eigenvalue weighted by Crippen LogP contribution is 2.33. The summed E-state index contributed by atoms with van der Waals surface area (Å²) in [5, 5.41) is 6.09. The van der Waals surface area contributed by atoms with Gasteiger partial charge in [-0.25, -0.2) is 0 Å². The fourth-order valence-electron chi connectivity index (χ4n) is 3.26. The smallest absolute Gasteiger partial charge is 0.194 e. The van der Waals surface area contributed by atoms with Crippen LogP contribution < -0.4 is 5.32 Å². The van der Waals surface area contributed by atoms with Crippen molar-refractivity contribution in [2.45, 2.75) is 12.5 Å². The topological polar surface area (TPSA) is 27.6 Å². The highest BCUT2D eigenvalue weighted by atomic mass is 15.4. The number of guanidine groups is 1. The SMILES string of the molecule is c1ccc2c(C3CCN=C4NCCN43)cccc2c1. The van der Waals surface area contributed by atoms with Gasteiger partial charge in [-0.15, -0.1) is 0 Å². The third kappa shape index (κ3) is 1.69. The first-order chi connectivity index (χ1) is 9.43. The lowest BCUT2D eigenvalue weighted by Crippen LogP contribution is -2.37. The number of benzene rings is 2. The molecule has 0 spiro atoms. The minimum absolute atomic E-state index is 0.466. The monoisotopic (exact) mass is 251 g/mol. The minimum atomic E-state index is 0.466. The molecule has 0 aromatic heterocycles. The number of fused-ring (bicyclic) bond motifs is 2. The predicted octanol–water partition coefficient (Wildman–Crippen LogP) is 2.55. The molecule has 0 bridgehead atoms. The number of hydrogen-bond acceptors (Lipinski definition) is 3. The molecule has 2 aromatic rings. The number of nitrogens with zero attached hydrogens (tertiary/aromatic N) is 2. The van der Waals surface area contributed by atoms with Gasteiger partial charge in [0.15, 0.2) is 5.96 Å². The summed E-state index contributed by atoms with van der Waals surface area (Å²) in [6.07, 6.45) is 1.11. The molecule has 3 heteroatoms. The van der Waals surface area contributed by atoms with Crippen LogP contribution in [0.2, 0.25) is 0 Å². The Morgan fingerprint density at radius 2 is 2.00 bits per heavy atom. The van der Waals surface area contributed by atoms with Crippen LogP contribution in [-0.2, 0) is 0 Å². The van der Waals surface area contributed by atoms with E-state index >= 15 is 0 Å². The summed E-state index contributed by atoms with van der Waals surface area (Å²) in [7, 11) is 0. The quantitative estimate of drug-likeness (QED) is 0.843. The predicted molar refractivity (Wildman–Crippen MR) is 78.3 cm³/mol. The Bertz CT molecular complexity index is 642. The lowest BCUT2D eigenvalue weighted by Gasteiger charge is -2.33. The van der Waals surface area contributed by atoms with E-state index in [0.29, 0.717) is 6.04 Å². The first kappa shape index (κ1) is 10.9. The molecule has 1 atom stereocenters. The van der Waals surface area contributed by atoms with Crippen LogP contribution in [0.3, 0.4) is 0 Å². The molecule has 96 valence electrons. The third-order valence-electron chi connectivity index (χ3n) is 4.13. The molecule has 1 saturated heterocycles. The van der Waals surface area contributed by atoms with E-state index < -0.39 is 0 Å². The molecule has 0 amide bonds. The van der Waals surface area contributed by atoms with E-state index in [1.54, 1.807) is 0 Å². The van der Waals surface area contributed by atoms with Gasteiger partial charge in [0.1, 0.15) is 0 Å². The van der Waals surface area contributed by atoms with Crippen molar-refractivity contribution in [3.8, 4) is 0 Å². The molecule has 2 aliphatic heterocycles. The Morgan fingerprint density at radius 3 is 3.00 bits per heavy atom. The van der Waals surface area contributed by atoms with E-state index in [-0.39, 0.29) is 0 Å². The largest absolute Gasteiger partial charge is 0.354 e. The van der Waals surface area contributed by atoms with E-state index in [1.165, 1.54) is 16.3 Å². The molecule has 1 N–H and O–H groups in total. The fraction of sp³-hybridized carbons (Fsp3) is 0.312. The molecule has 0 aliphatic carbocycles. The summed E-state index contributed by atoms with van der Waals surface area (Å²) in [4.78, 5) is 7.00. The maximum absolute atomic E-state index is 4.58. The standard InChI is InChI=1S/C16H17N3/c1-2-6-13-12(4-1)5-3-7-14(13)15-8-9-17-16-18-10-11-19(15)16/h1-7,15H,8-11H2,(H,17,18). The van der Waals surface area contributed by atoms with Crippen molar-refractivity contribution in [2.75, 3.05) is 19.6 Å². The van der Waals surface area contributed by atoms with Crippen LogP contribution in [-0.4, -0.2) is 30.5 Å². The van der Waals surface area contributed by atoms with Gasteiger partial charge in [-0.1, -0.05) is 42.5 Å². The zero-order chi connectivity index (χ0) is 12.7. The van der Waals surface area contributed by atoms with Crippen LogP contribution in [0.1, 0.15) is 18.0 Å². The van der Waals surface area contributed by atoms with Crippen LogP contribution in [0.15, 0.2) is 47.5 Å². The molecule has 2 aliphatic rings. The highest BCUT2D eigenvalue weighted by Gasteiger charge is 2.30. The fourth-order valence-corrected chi connectivity index (χ4v) is 3.26. The van der Waals surface area contributed by atoms with Crippen molar-refractivity contribution in [3.05, 3.63) is 48.0 Å². The number of hydrogen-bond donors (Lipinski definition) is 1. The molecule has 3 nitrogen and oxygen atoms in total. The van der Waals surface area contributed by atoms with Crippen LogP contribution in [0.25, 0.3) is 10.8 Å². The van der Waals surface area contributed by atoms with Gasteiger partial charge >= 0.3 is 0 Å². The van der Waals surface area contributed by atoms with Crippen molar-refractivity contribution in [2.24, 2.45) is 4.99 Å². The first-order valence-corrected chi connectivity index (χ1v) is 6.96. The second kappa shape index (κ2) is 4.26. The summed E-state index contributed by atoms with van der Waals surface area (Å²) in [6.45, 7) is 3.00. The second-order valence-electron chi connectivity index (χ2n) is 5.20. The van der Waals surface area contributed by atoms with Gasteiger partial charge in [0.2, 0.25) is 0 Å². The van der Waals surface area contributed by atoms with Crippen molar-refractivity contribution in [1.82, 2.24) is 10.2 Å². The second-order valence-corrected chi connectivity index (χ2v) is 5.20. The Kier molecular flexibility index (Phi) is 2.44. The Balaban J connectivity index is 1.84. The van der Waals surface area contributed by atoms with E-state index in [2.05, 4.69) is 57.7 Å². The van der Waals surface area contributed by atoms with Crippen molar-refractivity contribution in [1.29, 1.82) is 0 Å². The molecule has 0 saturated carbocycles. The maximum Gasteiger partial charge on any atom is 0.194 e. The highest BCUT2D eigenvalue weighted by molar-refractivity contribution is 5.88. The summed E-state index contributed by atoms with van der Waals surface area (Å²) >= 11 is 0. The number of rotatable bonds is 1. The summed E-state index contributed by atoms with van der Waals surface area (Å²) in [6, 6.07) is 15.8. The molecule has 19 heavy (non-hydrogen) atoms. The Morgan fingerprint density at radius 1 is 1.11 bits per heavy atom. The van der Waals surface area contributed by atoms with Crippen LogP contribution in [0, 0.1) is 0 Å². The molecular weight excluding hydrogens is 234 g/mol. The van der Waals surface area contributed by atoms with E-state index in [4.69, 9.17) is 0 Å². The van der Waals surface area contributed by atoms with Crippen LogP contribution in [0.4, 0.5) is 0 Å². The normalized spacial score (nSPS) is 22.0. The number of aliphatic imine (C=N–C) groups is 1. The van der Waals surface area contributed by atoms with Gasteiger partial charge in [-0.3, -0.25) is 4.99 Å². The molecule has 1 unspecified atom stereocenters. The lowest BCUT2D eigenvalue weighted by atomic mass is 9.95. The molecule has 0 radical (unpaired) electrons. The van der Waals surface area contributed by atoms with Crippen molar-refractivity contribution >= 4 is 16.7 Å². The zero-order valence-corrected chi connectivity index (χ0v) is 10.8. The molecule has 1 fully saturated rings. The Hall–Kier alpha value is -2.03. The van der Waals surface area contributed by atoms with E-state index in [0.717, 1.165) is 32.0 Å². The van der Waals surface area contributed by atoms with E-state index in [9.17, 15) is 0 Å². The summed E-state index contributed by atoms with van der Waals surface area (Å²) < 4.78 is 0. The van der Waals surface area contributed by atoms with Crippen molar-refractivity contribution < 1.29 is 0 Å². The van der Waals surface area contributed by atoms with Gasteiger partial charge < -0.3 is 10.2 Å². The molecule has 2 aromatic carbocycles. The van der Waals surface area contributed by atoms with Gasteiger partial charge in [-0.05, 0) is 22.8 Å². The van der Waals surface area contributed by atoms with Crippen LogP contribution in [0.5, 0.6) is 0 Å². The van der Waals surface area contributed by atoms with Gasteiger partial charge in [0.25, 0.3) is 0 Å². The minimum Gasteiger partial charge on any atom is -0.354 e. The average molecular weight is 251 g/mol. The Labute approximate surface area is 112 Å².